The largest absolute Gasteiger partial charge is 0.489 e. The van der Waals surface area contributed by atoms with Crippen molar-refractivity contribution in [3.63, 3.8) is 0 Å². The van der Waals surface area contributed by atoms with Crippen molar-refractivity contribution in [2.45, 2.75) is 13.5 Å². The van der Waals surface area contributed by atoms with Gasteiger partial charge in [0, 0.05) is 20.7 Å². The number of amides is 2. The van der Waals surface area contributed by atoms with Gasteiger partial charge in [0.25, 0.3) is 0 Å². The number of hydrogen-bond acceptors (Lipinski definition) is 3. The summed E-state index contributed by atoms with van der Waals surface area (Å²) in [6, 6.07) is 20.1. The Hall–Kier alpha value is -2.83. The minimum absolute atomic E-state index is 0.393. The molecule has 0 radical (unpaired) electrons. The summed E-state index contributed by atoms with van der Waals surface area (Å²) in [5.41, 5.74) is 5.92. The fraction of sp³-hybridized carbons (Fsp3) is 0.0909. The highest BCUT2D eigenvalue weighted by Gasteiger charge is 2.03. The molecule has 0 fully saturated rings. The number of urea groups is 1. The lowest BCUT2D eigenvalue weighted by molar-refractivity contribution is 0.252. The van der Waals surface area contributed by atoms with Crippen LogP contribution in [-0.2, 0) is 6.61 Å². The maximum atomic E-state index is 11.9. The van der Waals surface area contributed by atoms with Crippen LogP contribution >= 0.6 is 27.5 Å². The van der Waals surface area contributed by atoms with Crippen molar-refractivity contribution in [3.05, 3.63) is 92.9 Å². The highest BCUT2D eigenvalue weighted by molar-refractivity contribution is 9.10. The van der Waals surface area contributed by atoms with Gasteiger partial charge in [-0.3, -0.25) is 0 Å². The molecule has 0 heterocycles. The monoisotopic (exact) mass is 471 g/mol. The van der Waals surface area contributed by atoms with Gasteiger partial charge in [-0.05, 0) is 66.6 Å². The maximum absolute atomic E-state index is 11.9. The molecule has 3 aromatic rings. The highest BCUT2D eigenvalue weighted by atomic mass is 79.9. The molecular weight excluding hydrogens is 454 g/mol. The molecule has 0 spiro atoms. The van der Waals surface area contributed by atoms with Crippen LogP contribution in [0.5, 0.6) is 5.75 Å². The number of halogens is 2. The van der Waals surface area contributed by atoms with E-state index in [4.69, 9.17) is 16.3 Å². The summed E-state index contributed by atoms with van der Waals surface area (Å²) in [6.07, 6.45) is 1.56. The Morgan fingerprint density at radius 3 is 2.62 bits per heavy atom. The van der Waals surface area contributed by atoms with Gasteiger partial charge in [-0.25, -0.2) is 10.2 Å². The molecule has 0 aliphatic heterocycles. The van der Waals surface area contributed by atoms with E-state index < -0.39 is 6.03 Å². The minimum Gasteiger partial charge on any atom is -0.489 e. The first-order valence-electron chi connectivity index (χ1n) is 8.84. The van der Waals surface area contributed by atoms with Crippen LogP contribution in [0.1, 0.15) is 16.7 Å². The highest BCUT2D eigenvalue weighted by Crippen LogP contribution is 2.20. The number of nitrogens with one attached hydrogen (secondary N) is 2. The first-order valence-corrected chi connectivity index (χ1v) is 10.0. The predicted molar refractivity (Wildman–Crippen MR) is 121 cm³/mol. The van der Waals surface area contributed by atoms with E-state index in [1.54, 1.807) is 6.21 Å². The Morgan fingerprint density at radius 1 is 1.14 bits per heavy atom. The second-order valence-corrected chi connectivity index (χ2v) is 7.50. The number of benzene rings is 3. The Bertz CT molecular complexity index is 1020. The molecule has 2 amide bonds. The fourth-order valence-corrected chi connectivity index (χ4v) is 2.91. The van der Waals surface area contributed by atoms with Crippen LogP contribution < -0.4 is 15.5 Å². The van der Waals surface area contributed by atoms with Crippen LogP contribution in [0.2, 0.25) is 5.02 Å². The fourth-order valence-electron chi connectivity index (χ4n) is 2.47. The van der Waals surface area contributed by atoms with Crippen molar-refractivity contribution in [2.75, 3.05) is 5.32 Å². The first kappa shape index (κ1) is 20.9. The van der Waals surface area contributed by atoms with Gasteiger partial charge in [0.1, 0.15) is 12.4 Å². The standard InChI is InChI=1S/C22H19BrClN3O2/c1-15-12-18(8-11-20(15)23)26-22(28)27-25-13-16-6-9-19(10-7-16)29-14-17-4-2-3-5-21(17)24/h2-13H,14H2,1H3,(H2,26,27,28)/b25-13+. The van der Waals surface area contributed by atoms with E-state index >= 15 is 0 Å². The van der Waals surface area contributed by atoms with Crippen molar-refractivity contribution in [2.24, 2.45) is 5.10 Å². The van der Waals surface area contributed by atoms with Crippen LogP contribution in [0.4, 0.5) is 10.5 Å². The molecule has 0 aliphatic rings. The molecule has 7 heteroatoms. The SMILES string of the molecule is Cc1cc(NC(=O)N/N=C/c2ccc(OCc3ccccc3Cl)cc2)ccc1Br. The number of hydrogen-bond donors (Lipinski definition) is 2. The average Bonchev–Trinajstić information content (AvgIpc) is 2.71. The Morgan fingerprint density at radius 2 is 1.90 bits per heavy atom. The van der Waals surface area contributed by atoms with Gasteiger partial charge >= 0.3 is 6.03 Å². The molecule has 0 saturated carbocycles. The third kappa shape index (κ3) is 6.34. The maximum Gasteiger partial charge on any atom is 0.339 e. The summed E-state index contributed by atoms with van der Waals surface area (Å²) in [5.74, 6) is 0.721. The van der Waals surface area contributed by atoms with Crippen molar-refractivity contribution in [1.29, 1.82) is 0 Å². The Kier molecular flexibility index (Phi) is 7.27. The van der Waals surface area contributed by atoms with Crippen molar-refractivity contribution >= 4 is 45.5 Å². The zero-order valence-corrected chi connectivity index (χ0v) is 18.0. The van der Waals surface area contributed by atoms with Crippen LogP contribution in [0.15, 0.2) is 76.3 Å². The molecule has 5 nitrogen and oxygen atoms in total. The third-order valence-electron chi connectivity index (χ3n) is 4.03. The van der Waals surface area contributed by atoms with Gasteiger partial charge in [-0.15, -0.1) is 0 Å². The summed E-state index contributed by atoms with van der Waals surface area (Å²) in [5, 5.41) is 7.36. The zero-order chi connectivity index (χ0) is 20.6. The van der Waals surface area contributed by atoms with Crippen molar-refractivity contribution < 1.29 is 9.53 Å². The zero-order valence-electron chi connectivity index (χ0n) is 15.7. The molecule has 0 saturated heterocycles. The lowest BCUT2D eigenvalue weighted by atomic mass is 10.2. The topological polar surface area (TPSA) is 62.7 Å². The molecule has 29 heavy (non-hydrogen) atoms. The Labute approximate surface area is 182 Å². The number of carbonyl (C=O) groups excluding carboxylic acids is 1. The van der Waals surface area contributed by atoms with E-state index in [2.05, 4.69) is 31.8 Å². The minimum atomic E-state index is -0.414. The molecule has 0 atom stereocenters. The number of ether oxygens (including phenoxy) is 1. The molecular formula is C22H19BrClN3O2. The quantitative estimate of drug-likeness (QED) is 0.334. The number of rotatable bonds is 6. The van der Waals surface area contributed by atoms with Crippen LogP contribution in [-0.4, -0.2) is 12.2 Å². The number of carbonyl (C=O) groups is 1. The van der Waals surface area contributed by atoms with E-state index in [1.165, 1.54) is 0 Å². The molecule has 3 rings (SSSR count). The third-order valence-corrected chi connectivity index (χ3v) is 5.29. The van der Waals surface area contributed by atoms with E-state index in [9.17, 15) is 4.79 Å². The lowest BCUT2D eigenvalue weighted by Crippen LogP contribution is -2.24. The smallest absolute Gasteiger partial charge is 0.339 e. The molecule has 3 aromatic carbocycles. The van der Waals surface area contributed by atoms with Gasteiger partial charge < -0.3 is 10.1 Å². The summed E-state index contributed by atoms with van der Waals surface area (Å²) in [7, 11) is 0. The first-order chi connectivity index (χ1) is 14.0. The molecule has 0 aromatic heterocycles. The summed E-state index contributed by atoms with van der Waals surface area (Å²) < 4.78 is 6.73. The van der Waals surface area contributed by atoms with E-state index in [0.29, 0.717) is 17.3 Å². The van der Waals surface area contributed by atoms with Gasteiger partial charge in [0.15, 0.2) is 0 Å². The lowest BCUT2D eigenvalue weighted by Gasteiger charge is -2.08. The van der Waals surface area contributed by atoms with Crippen molar-refractivity contribution in [1.82, 2.24) is 5.43 Å². The molecule has 0 aliphatic carbocycles. The predicted octanol–water partition coefficient (Wildman–Crippen LogP) is 6.15. The van der Waals surface area contributed by atoms with E-state index in [1.807, 2.05) is 73.7 Å². The van der Waals surface area contributed by atoms with Crippen molar-refractivity contribution in [3.8, 4) is 5.75 Å². The number of nitrogens with zero attached hydrogens (tertiary/aromatic N) is 1. The molecule has 0 bridgehead atoms. The van der Waals surface area contributed by atoms with Gasteiger partial charge in [-0.2, -0.15) is 5.10 Å². The van der Waals surface area contributed by atoms with Gasteiger partial charge in [0.05, 0.1) is 6.21 Å². The average molecular weight is 473 g/mol. The molecule has 0 unspecified atom stereocenters. The van der Waals surface area contributed by atoms with Crippen LogP contribution in [0.25, 0.3) is 0 Å². The number of anilines is 1. The number of hydrazone groups is 1. The Balaban J connectivity index is 1.48. The normalized spacial score (nSPS) is 10.7. The van der Waals surface area contributed by atoms with Gasteiger partial charge in [0.2, 0.25) is 0 Å². The summed E-state index contributed by atoms with van der Waals surface area (Å²) >= 11 is 9.55. The van der Waals surface area contributed by atoms with Gasteiger partial charge in [-0.1, -0.05) is 45.7 Å². The summed E-state index contributed by atoms with van der Waals surface area (Å²) in [4.78, 5) is 11.9. The van der Waals surface area contributed by atoms with E-state index in [-0.39, 0.29) is 0 Å². The number of aryl methyl sites for hydroxylation is 1. The molecule has 2 N–H and O–H groups in total. The molecule has 148 valence electrons. The van der Waals surface area contributed by atoms with Crippen LogP contribution in [0, 0.1) is 6.92 Å². The summed E-state index contributed by atoms with van der Waals surface area (Å²) in [6.45, 7) is 2.34. The second kappa shape index (κ2) is 10.1. The van der Waals surface area contributed by atoms with Crippen LogP contribution in [0.3, 0.4) is 0 Å². The second-order valence-electron chi connectivity index (χ2n) is 6.24. The van der Waals surface area contributed by atoms with E-state index in [0.717, 1.165) is 26.9 Å².